The van der Waals surface area contributed by atoms with E-state index in [9.17, 15) is 9.59 Å². The zero-order valence-electron chi connectivity index (χ0n) is 31.0. The molecule has 0 fully saturated rings. The van der Waals surface area contributed by atoms with Crippen LogP contribution in [-0.2, 0) is 24.1 Å². The topological polar surface area (TPSA) is 233 Å². The molecule has 0 heterocycles. The summed E-state index contributed by atoms with van der Waals surface area (Å²) in [6.45, 7) is 23.8. The number of unbranched alkanes of at least 4 members (excludes halogenated alkanes) is 1. The van der Waals surface area contributed by atoms with E-state index in [-0.39, 0.29) is 59.5 Å². The Morgan fingerprint density at radius 2 is 0.958 bits per heavy atom. The van der Waals surface area contributed by atoms with Gasteiger partial charge < -0.3 is 50.3 Å². The number of ether oxygens (including phenoxy) is 2. The minimum Gasteiger partial charge on any atom is -0.455 e. The molecule has 0 amide bonds. The highest BCUT2D eigenvalue weighted by atomic mass is 17.2. The van der Waals surface area contributed by atoms with Gasteiger partial charge in [-0.05, 0) is 73.9 Å². The van der Waals surface area contributed by atoms with Crippen LogP contribution in [0.5, 0.6) is 5.75 Å². The van der Waals surface area contributed by atoms with Crippen LogP contribution in [0.15, 0.2) is 55.6 Å². The van der Waals surface area contributed by atoms with Crippen LogP contribution in [-0.4, -0.2) is 118 Å². The van der Waals surface area contributed by atoms with Crippen LogP contribution in [0.2, 0.25) is 0 Å². The third-order valence-corrected chi connectivity index (χ3v) is 3.00. The number of hydrogen-bond acceptors (Lipinski definition) is 14. The van der Waals surface area contributed by atoms with Crippen molar-refractivity contribution in [2.24, 2.45) is 0 Å². The van der Waals surface area contributed by atoms with E-state index in [1.165, 1.54) is 0 Å². The summed E-state index contributed by atoms with van der Waals surface area (Å²) in [7, 11) is 0. The Morgan fingerprint density at radius 1 is 0.625 bits per heavy atom. The molecule has 0 aliphatic rings. The van der Waals surface area contributed by atoms with Gasteiger partial charge in [0.05, 0.1) is 0 Å². The molecule has 0 spiro atoms. The Hall–Kier alpha value is -2.92. The molecule has 14 heteroatoms. The van der Waals surface area contributed by atoms with Crippen LogP contribution in [0.1, 0.15) is 81.6 Å². The van der Waals surface area contributed by atoms with Crippen molar-refractivity contribution in [1.29, 1.82) is 0 Å². The summed E-state index contributed by atoms with van der Waals surface area (Å²) in [5, 5.41) is 60.6. The lowest BCUT2D eigenvalue weighted by Crippen LogP contribution is -2.45. The maximum Gasteiger partial charge on any atom is 0.365 e. The number of esters is 1. The van der Waals surface area contributed by atoms with Gasteiger partial charge in [-0.15, -0.1) is 4.89 Å². The highest BCUT2D eigenvalue weighted by Crippen LogP contribution is 2.26. The summed E-state index contributed by atoms with van der Waals surface area (Å²) >= 11 is 0. The van der Waals surface area contributed by atoms with Crippen molar-refractivity contribution in [3.63, 3.8) is 0 Å². The smallest absolute Gasteiger partial charge is 0.365 e. The molecule has 1 aromatic carbocycles. The number of carbonyl (C=O) groups is 2. The van der Waals surface area contributed by atoms with Crippen molar-refractivity contribution < 1.29 is 69.7 Å². The van der Waals surface area contributed by atoms with Gasteiger partial charge in [0.25, 0.3) is 5.79 Å². The van der Waals surface area contributed by atoms with Gasteiger partial charge in [-0.1, -0.05) is 44.7 Å². The van der Waals surface area contributed by atoms with Crippen LogP contribution in [0, 0.1) is 0 Å². The van der Waals surface area contributed by atoms with Crippen LogP contribution in [0.3, 0.4) is 0 Å². The fourth-order valence-electron chi connectivity index (χ4n) is 1.78. The number of hydrogen-bond donors (Lipinski definition) is 8. The van der Waals surface area contributed by atoms with Gasteiger partial charge in [0.2, 0.25) is 0 Å². The maximum absolute atomic E-state index is 11.4. The van der Waals surface area contributed by atoms with E-state index in [0.717, 1.165) is 18.6 Å². The molecule has 1 atom stereocenters. The fourth-order valence-corrected chi connectivity index (χ4v) is 1.78. The zero-order chi connectivity index (χ0) is 39.5. The summed E-state index contributed by atoms with van der Waals surface area (Å²) in [4.78, 5) is 32.7. The predicted octanol–water partition coefficient (Wildman–Crippen LogP) is 3.33. The van der Waals surface area contributed by atoms with E-state index in [4.69, 9.17) is 60.1 Å². The molecule has 48 heavy (non-hydrogen) atoms. The summed E-state index contributed by atoms with van der Waals surface area (Å²) in [6.07, 6.45) is 3.87. The molecule has 1 aromatic rings. The summed E-state index contributed by atoms with van der Waals surface area (Å²) in [6, 6.07) is 8.83. The Bertz CT molecular complexity index is 642. The first kappa shape index (κ1) is 63.7. The summed E-state index contributed by atoms with van der Waals surface area (Å²) in [5.41, 5.74) is 0. The van der Waals surface area contributed by atoms with E-state index >= 15 is 0 Å². The highest BCUT2D eigenvalue weighted by Gasteiger charge is 2.38. The average molecular weight is 703 g/mol. The Labute approximate surface area is 289 Å². The van der Waals surface area contributed by atoms with Crippen molar-refractivity contribution in [3.8, 4) is 5.75 Å². The number of para-hydroxylation sites is 1. The molecule has 0 aliphatic heterocycles. The molecule has 0 aliphatic carbocycles. The lowest BCUT2D eigenvalue weighted by molar-refractivity contribution is -0.390. The Morgan fingerprint density at radius 3 is 1.25 bits per heavy atom. The molecule has 0 aromatic heterocycles. The predicted molar refractivity (Wildman–Crippen MR) is 190 cm³/mol. The van der Waals surface area contributed by atoms with E-state index in [2.05, 4.69) is 13.2 Å². The monoisotopic (exact) mass is 702 g/mol. The largest absolute Gasteiger partial charge is 0.455 e. The second-order valence-corrected chi connectivity index (χ2v) is 7.46. The fraction of sp³-hybridized carbons (Fsp3) is 0.647. The standard InChI is InChI=1S/C18H22O6.8C2H6O/c1-4-7-13-18(14-21-16(19)5-2,24-23-17(20)6-3)22-15-11-9-8-10-12-15;8*1-2-3/h5-6,8-12H,2-4,7,13-14H2,1H3;8*3H,2H2,1H3. The first-order valence-corrected chi connectivity index (χ1v) is 15.8. The van der Waals surface area contributed by atoms with Gasteiger partial charge in [-0.3, -0.25) is 4.89 Å². The SMILES string of the molecule is C=CC(=O)OCC(CCCC)(OOC(=O)C=C)Oc1ccccc1.CCO.CCO.CCO.CCO.CCO.CCO.CCO.CCO. The van der Waals surface area contributed by atoms with Crippen molar-refractivity contribution >= 4 is 11.9 Å². The van der Waals surface area contributed by atoms with E-state index < -0.39 is 17.7 Å². The van der Waals surface area contributed by atoms with E-state index in [0.29, 0.717) is 18.6 Å². The van der Waals surface area contributed by atoms with Gasteiger partial charge in [0.1, 0.15) is 5.75 Å². The van der Waals surface area contributed by atoms with E-state index in [1.54, 1.807) is 79.7 Å². The molecule has 1 unspecified atom stereocenters. The molecule has 8 N–H and O–H groups in total. The van der Waals surface area contributed by atoms with Gasteiger partial charge in [-0.2, -0.15) is 0 Å². The van der Waals surface area contributed by atoms with Crippen molar-refractivity contribution in [3.05, 3.63) is 55.6 Å². The van der Waals surface area contributed by atoms with Crippen LogP contribution in [0.25, 0.3) is 0 Å². The van der Waals surface area contributed by atoms with Crippen molar-refractivity contribution in [2.75, 3.05) is 59.5 Å². The van der Waals surface area contributed by atoms with Gasteiger partial charge in [0, 0.05) is 71.4 Å². The average Bonchev–Trinajstić information content (AvgIpc) is 3.05. The second-order valence-electron chi connectivity index (χ2n) is 7.46. The third-order valence-electron chi connectivity index (χ3n) is 3.00. The quantitative estimate of drug-likeness (QED) is 0.0544. The number of aliphatic hydroxyl groups is 8. The molecule has 14 nitrogen and oxygen atoms in total. The number of rotatable bonds is 11. The summed E-state index contributed by atoms with van der Waals surface area (Å²) in [5.74, 6) is -2.39. The van der Waals surface area contributed by atoms with Crippen LogP contribution in [0.4, 0.5) is 0 Å². The number of benzene rings is 1. The molecule has 1 rings (SSSR count). The normalized spacial score (nSPS) is 9.27. The number of aliphatic hydroxyl groups excluding tert-OH is 8. The molecule has 290 valence electrons. The highest BCUT2D eigenvalue weighted by molar-refractivity contribution is 5.81. The molecule has 0 saturated heterocycles. The lowest BCUT2D eigenvalue weighted by Gasteiger charge is -2.31. The van der Waals surface area contributed by atoms with Crippen molar-refractivity contribution in [1.82, 2.24) is 0 Å². The Balaban J connectivity index is -0.0000000904. The van der Waals surface area contributed by atoms with Gasteiger partial charge in [-0.25, -0.2) is 9.59 Å². The first-order chi connectivity index (χ1) is 22.9. The molecular weight excluding hydrogens is 632 g/mol. The van der Waals surface area contributed by atoms with Gasteiger partial charge in [0.15, 0.2) is 6.61 Å². The van der Waals surface area contributed by atoms with Gasteiger partial charge >= 0.3 is 11.9 Å². The minimum absolute atomic E-state index is 0.250. The molecule has 0 bridgehead atoms. The third kappa shape index (κ3) is 79.0. The number of carbonyl (C=O) groups excluding carboxylic acids is 2. The molecule has 0 saturated carbocycles. The van der Waals surface area contributed by atoms with Crippen LogP contribution < -0.4 is 4.74 Å². The molecular formula is C34H70O14. The Kier molecular flexibility index (Phi) is 88.2. The zero-order valence-corrected chi connectivity index (χ0v) is 31.0. The maximum atomic E-state index is 11.4. The second kappa shape index (κ2) is 66.5. The lowest BCUT2D eigenvalue weighted by atomic mass is 10.1. The summed E-state index contributed by atoms with van der Waals surface area (Å²) < 4.78 is 10.9. The van der Waals surface area contributed by atoms with Crippen LogP contribution >= 0.6 is 0 Å². The first-order valence-electron chi connectivity index (χ1n) is 15.8. The van der Waals surface area contributed by atoms with E-state index in [1.807, 2.05) is 13.0 Å². The van der Waals surface area contributed by atoms with Crippen molar-refractivity contribution in [2.45, 2.75) is 87.4 Å². The molecule has 0 radical (unpaired) electrons. The minimum atomic E-state index is -1.46.